The van der Waals surface area contributed by atoms with Gasteiger partial charge in [-0.3, -0.25) is 4.79 Å². The highest BCUT2D eigenvalue weighted by molar-refractivity contribution is 5.74. The second kappa shape index (κ2) is 4.28. The zero-order valence-electron chi connectivity index (χ0n) is 20.7. The largest absolute Gasteiger partial charge is 0.465 e. The number of cyclic esters (lactones) is 1. The predicted octanol–water partition coefficient (Wildman–Crippen LogP) is 1.47. The first kappa shape index (κ1) is 3.59. The Morgan fingerprint density at radius 3 is 3.44 bits per heavy atom. The first-order valence-electron chi connectivity index (χ1n) is 10.5. The van der Waals surface area contributed by atoms with Gasteiger partial charge >= 0.3 is 5.97 Å². The molecule has 0 bridgehead atoms. The summed E-state index contributed by atoms with van der Waals surface area (Å²) in [5, 5.41) is 0. The van der Waals surface area contributed by atoms with Crippen molar-refractivity contribution in [2.45, 2.75) is 26.5 Å². The van der Waals surface area contributed by atoms with Crippen molar-refractivity contribution in [3.8, 4) is 0 Å². The van der Waals surface area contributed by atoms with Gasteiger partial charge in [0.1, 0.15) is 5.82 Å². The Hall–Kier alpha value is -1.32. The number of hydrogen-bond donors (Lipinski definition) is 0. The van der Waals surface area contributed by atoms with Gasteiger partial charge in [-0.05, 0) is 19.7 Å². The molecule has 1 saturated heterocycles. The summed E-state index contributed by atoms with van der Waals surface area (Å²) < 4.78 is 101. The van der Waals surface area contributed by atoms with Crippen molar-refractivity contribution < 1.29 is 26.0 Å². The topological polar surface area (TPSA) is 44.1 Å². The standard InChI is InChI=1S/C12H18N2O2/c1-4-11-9(7-16-12(11)15)5-10-6-13-8(2)14(10)3/h6,9,11H,4-5,7H2,1-3H3/t9-,11-/m0/s1/i1D3,4D2,5D2,6D,7D2,9D,11D. The summed E-state index contributed by atoms with van der Waals surface area (Å²) in [6.07, 6.45) is -8.04. The van der Waals surface area contributed by atoms with Crippen LogP contribution in [0, 0.1) is 18.7 Å². The van der Waals surface area contributed by atoms with Crippen molar-refractivity contribution in [3.63, 3.8) is 0 Å². The van der Waals surface area contributed by atoms with Gasteiger partial charge in [0.2, 0.25) is 0 Å². The van der Waals surface area contributed by atoms with E-state index in [9.17, 15) is 4.79 Å². The molecule has 2 heterocycles. The highest BCUT2D eigenvalue weighted by Gasteiger charge is 2.35. The average molecular weight is 234 g/mol. The van der Waals surface area contributed by atoms with Gasteiger partial charge in [-0.15, -0.1) is 0 Å². The average Bonchev–Trinajstić information content (AvgIpc) is 2.83. The minimum atomic E-state index is -3.87. The van der Waals surface area contributed by atoms with Gasteiger partial charge in [0, 0.05) is 37.1 Å². The maximum absolute atomic E-state index is 12.4. The van der Waals surface area contributed by atoms with Crippen molar-refractivity contribution in [1.82, 2.24) is 9.55 Å². The molecule has 0 saturated carbocycles. The van der Waals surface area contributed by atoms with Crippen LogP contribution in [0.25, 0.3) is 0 Å². The SMILES string of the molecule is [2H]c1nc(C)n(C)c1C([2H])([2H])[C@@]1([2H])C([2H])([2H])OC(=O)[C@@]1([2H])C([2H])([2H])C([2H])([2H])[2H]. The van der Waals surface area contributed by atoms with E-state index in [1.807, 2.05) is 0 Å². The van der Waals surface area contributed by atoms with E-state index < -0.39 is 55.8 Å². The fourth-order valence-corrected chi connectivity index (χ4v) is 1.18. The highest BCUT2D eigenvalue weighted by Crippen LogP contribution is 2.28. The van der Waals surface area contributed by atoms with E-state index in [4.69, 9.17) is 16.4 Å². The van der Waals surface area contributed by atoms with Crippen LogP contribution in [-0.2, 0) is 23.0 Å². The van der Waals surface area contributed by atoms with Gasteiger partial charge in [-0.1, -0.05) is 6.85 Å². The van der Waals surface area contributed by atoms with Crippen molar-refractivity contribution in [2.75, 3.05) is 6.56 Å². The van der Waals surface area contributed by atoms with E-state index in [-0.39, 0.29) is 5.82 Å². The van der Waals surface area contributed by atoms with E-state index in [2.05, 4.69) is 9.72 Å². The Kier molecular flexibility index (Phi) is 0.958. The maximum atomic E-state index is 12.4. The number of hydrogen-bond acceptors (Lipinski definition) is 3. The molecule has 0 radical (unpaired) electrons. The zero-order chi connectivity index (χ0) is 22.3. The third kappa shape index (κ3) is 1.84. The summed E-state index contributed by atoms with van der Waals surface area (Å²) in [6, 6.07) is 0. The van der Waals surface area contributed by atoms with Gasteiger partial charge in [-0.25, -0.2) is 4.98 Å². The lowest BCUT2D eigenvalue weighted by atomic mass is 9.89. The van der Waals surface area contributed by atoms with E-state index in [1.165, 1.54) is 14.0 Å². The molecule has 1 aromatic heterocycles. The molecule has 4 heteroatoms. The van der Waals surface area contributed by atoms with Crippen LogP contribution in [0.3, 0.4) is 0 Å². The van der Waals surface area contributed by atoms with Crippen LogP contribution in [0.4, 0.5) is 0 Å². The molecule has 4 nitrogen and oxygen atoms in total. The quantitative estimate of drug-likeness (QED) is 0.744. The van der Waals surface area contributed by atoms with E-state index >= 15 is 0 Å². The molecule has 16 heavy (non-hydrogen) atoms. The summed E-state index contributed by atoms with van der Waals surface area (Å²) in [5.41, 5.74) is -0.722. The molecule has 0 aliphatic carbocycles. The minimum Gasteiger partial charge on any atom is -0.465 e. The van der Waals surface area contributed by atoms with Crippen LogP contribution in [-0.4, -0.2) is 22.1 Å². The molecule has 88 valence electrons. The predicted molar refractivity (Wildman–Crippen MR) is 59.9 cm³/mol. The molecule has 0 unspecified atom stereocenters. The zero-order valence-corrected chi connectivity index (χ0v) is 8.71. The number of imidazole rings is 1. The normalized spacial score (nSPS) is 50.8. The van der Waals surface area contributed by atoms with Crippen LogP contribution in [0.15, 0.2) is 6.17 Å². The van der Waals surface area contributed by atoms with Crippen LogP contribution in [0.5, 0.6) is 0 Å². The Labute approximate surface area is 112 Å². The number of aryl methyl sites for hydroxylation is 1. The summed E-state index contributed by atoms with van der Waals surface area (Å²) in [5.74, 6) is -9.53. The second-order valence-corrected chi connectivity index (χ2v) is 3.17. The highest BCUT2D eigenvalue weighted by atomic mass is 16.5. The van der Waals surface area contributed by atoms with Gasteiger partial charge < -0.3 is 9.30 Å². The summed E-state index contributed by atoms with van der Waals surface area (Å²) in [6.45, 7) is -5.91. The van der Waals surface area contributed by atoms with Crippen LogP contribution < -0.4 is 0 Å². The molecule has 0 N–H and O–H groups in total. The molecular weight excluding hydrogens is 204 g/mol. The first-order chi connectivity index (χ1) is 12.2. The van der Waals surface area contributed by atoms with Gasteiger partial charge in [-0.2, -0.15) is 0 Å². The number of ether oxygens (including phenoxy) is 1. The molecular formula is C12H18N2O2. The van der Waals surface area contributed by atoms with E-state index in [0.29, 0.717) is 0 Å². The number of nitrogens with zero attached hydrogens (tertiary/aromatic N) is 2. The van der Waals surface area contributed by atoms with Gasteiger partial charge in [0.05, 0.1) is 16.6 Å². The molecule has 1 fully saturated rings. The lowest BCUT2D eigenvalue weighted by molar-refractivity contribution is -0.141. The Balaban J connectivity index is 2.95. The summed E-state index contributed by atoms with van der Waals surface area (Å²) in [7, 11) is 1.24. The van der Waals surface area contributed by atoms with Crippen molar-refractivity contribution in [2.24, 2.45) is 18.8 Å². The smallest absolute Gasteiger partial charge is 0.309 e. The first-order valence-corrected chi connectivity index (χ1v) is 4.45. The fourth-order valence-electron chi connectivity index (χ4n) is 1.18. The van der Waals surface area contributed by atoms with Crippen molar-refractivity contribution >= 4 is 5.97 Å². The van der Waals surface area contributed by atoms with Gasteiger partial charge in [0.15, 0.2) is 0 Å². The molecule has 0 aromatic carbocycles. The lowest BCUT2D eigenvalue weighted by Gasteiger charge is -2.13. The monoisotopic (exact) mass is 234 g/mol. The Morgan fingerprint density at radius 1 is 2.00 bits per heavy atom. The fraction of sp³-hybridized carbons (Fsp3) is 0.667. The number of carbonyl (C=O) groups is 1. The molecule has 2 rings (SSSR count). The summed E-state index contributed by atoms with van der Waals surface area (Å²) >= 11 is 0. The molecule has 1 aliphatic rings. The third-order valence-corrected chi connectivity index (χ3v) is 2.21. The number of esters is 1. The second-order valence-electron chi connectivity index (χ2n) is 3.17. The maximum Gasteiger partial charge on any atom is 0.309 e. The number of rotatable bonds is 3. The van der Waals surface area contributed by atoms with Crippen molar-refractivity contribution in [1.29, 1.82) is 0 Å². The Bertz CT molecular complexity index is 831. The molecule has 1 aliphatic heterocycles. The van der Waals surface area contributed by atoms with Crippen LogP contribution in [0.2, 0.25) is 0 Å². The third-order valence-electron chi connectivity index (χ3n) is 2.21. The van der Waals surface area contributed by atoms with Gasteiger partial charge in [0.25, 0.3) is 0 Å². The summed E-state index contributed by atoms with van der Waals surface area (Å²) in [4.78, 5) is 16.1. The number of carbonyl (C=O) groups excluding carboxylic acids is 1. The van der Waals surface area contributed by atoms with E-state index in [1.54, 1.807) is 0 Å². The van der Waals surface area contributed by atoms with Crippen molar-refractivity contribution in [3.05, 3.63) is 17.7 Å². The van der Waals surface area contributed by atoms with E-state index in [0.717, 1.165) is 4.57 Å². The Morgan fingerprint density at radius 2 is 2.81 bits per heavy atom. The lowest BCUT2D eigenvalue weighted by Crippen LogP contribution is -2.18. The molecule has 2 atom stereocenters. The van der Waals surface area contributed by atoms with Crippen LogP contribution >= 0.6 is 0 Å². The minimum absolute atomic E-state index is 0.0905. The van der Waals surface area contributed by atoms with Crippen LogP contribution in [0.1, 0.15) is 41.2 Å². The number of aromatic nitrogens is 2. The molecule has 0 spiro atoms. The molecule has 0 amide bonds. The molecule has 1 aromatic rings.